The summed E-state index contributed by atoms with van der Waals surface area (Å²) in [6.07, 6.45) is 11.2. The maximum atomic E-state index is 14.2. The fourth-order valence-electron chi connectivity index (χ4n) is 8.43. The Hall–Kier alpha value is -3.89. The van der Waals surface area contributed by atoms with Gasteiger partial charge < -0.3 is 31.1 Å². The van der Waals surface area contributed by atoms with Gasteiger partial charge >= 0.3 is 0 Å². The van der Waals surface area contributed by atoms with Crippen LogP contribution in [0.2, 0.25) is 0 Å². The van der Waals surface area contributed by atoms with Crippen LogP contribution in [0.4, 0.5) is 5.69 Å². The molecule has 0 saturated heterocycles. The Balaban J connectivity index is 1.46. The quantitative estimate of drug-likeness (QED) is 0.307. The van der Waals surface area contributed by atoms with E-state index in [9.17, 15) is 34.8 Å². The van der Waals surface area contributed by atoms with E-state index >= 15 is 0 Å². The number of allylic oxidation sites excluding steroid dienone is 4. The minimum absolute atomic E-state index is 0.0563. The molecule has 0 radical (unpaired) electrons. The lowest BCUT2D eigenvalue weighted by atomic mass is 9.57. The standard InChI is InChI=1S/C34H41N3O7/c1-36(2)23-15-20(18-10-9-17(12-18)11-16-7-5-6-8-16)28(38)25-21(23)13-19-14-22-27(37(3)4)30(40)26(33(35)43)32(42)34(22,44)31(41)24(19)29(25)39/h9-10,15-16,19,22,27,38-39,42,44H,5-8,11-14H2,1-4H3,(H2,35,43)/t19-,22-,27-,34-/m0/s1. The van der Waals surface area contributed by atoms with Crippen LogP contribution in [0.3, 0.4) is 0 Å². The summed E-state index contributed by atoms with van der Waals surface area (Å²) in [4.78, 5) is 43.2. The van der Waals surface area contributed by atoms with Crippen molar-refractivity contribution in [1.29, 1.82) is 0 Å². The normalized spacial score (nSPS) is 28.6. The molecule has 0 heterocycles. The molecule has 0 unspecified atom stereocenters. The Morgan fingerprint density at radius 3 is 2.36 bits per heavy atom. The number of rotatable bonds is 6. The number of primary amides is 1. The van der Waals surface area contributed by atoms with Crippen molar-refractivity contribution in [2.45, 2.75) is 63.0 Å². The predicted octanol–water partition coefficient (Wildman–Crippen LogP) is 3.32. The molecule has 44 heavy (non-hydrogen) atoms. The van der Waals surface area contributed by atoms with Gasteiger partial charge in [-0.25, -0.2) is 0 Å². The van der Waals surface area contributed by atoms with Gasteiger partial charge in [-0.3, -0.25) is 19.3 Å². The van der Waals surface area contributed by atoms with E-state index in [0.717, 1.165) is 17.7 Å². The van der Waals surface area contributed by atoms with Crippen LogP contribution in [0.5, 0.6) is 5.75 Å². The number of amides is 1. The number of anilines is 1. The van der Waals surface area contributed by atoms with E-state index in [1.54, 1.807) is 14.1 Å². The molecule has 0 aromatic heterocycles. The van der Waals surface area contributed by atoms with Gasteiger partial charge in [-0.1, -0.05) is 43.4 Å². The number of aliphatic hydroxyl groups is 3. The minimum Gasteiger partial charge on any atom is -0.508 e. The molecule has 4 atom stereocenters. The molecule has 2 saturated carbocycles. The highest BCUT2D eigenvalue weighted by Gasteiger charge is 2.64. The summed E-state index contributed by atoms with van der Waals surface area (Å²) in [5.74, 6) is -5.77. The number of aliphatic hydroxyl groups excluding tert-OH is 2. The van der Waals surface area contributed by atoms with Crippen LogP contribution in [0.15, 0.2) is 40.7 Å². The van der Waals surface area contributed by atoms with Crippen molar-refractivity contribution in [3.63, 3.8) is 0 Å². The summed E-state index contributed by atoms with van der Waals surface area (Å²) < 4.78 is 0. The maximum absolute atomic E-state index is 14.2. The fraction of sp³-hybridized carbons (Fsp3) is 0.500. The van der Waals surface area contributed by atoms with Crippen molar-refractivity contribution in [2.24, 2.45) is 23.5 Å². The van der Waals surface area contributed by atoms with E-state index in [2.05, 4.69) is 6.08 Å². The molecule has 1 aromatic carbocycles. The smallest absolute Gasteiger partial charge is 0.255 e. The van der Waals surface area contributed by atoms with Gasteiger partial charge in [0.2, 0.25) is 5.78 Å². The number of nitrogens with zero attached hydrogens (tertiary/aromatic N) is 2. The van der Waals surface area contributed by atoms with E-state index < -0.39 is 58.0 Å². The number of nitrogens with two attached hydrogens (primary N) is 1. The van der Waals surface area contributed by atoms with Gasteiger partial charge in [0.25, 0.3) is 5.91 Å². The van der Waals surface area contributed by atoms with Crippen molar-refractivity contribution < 1.29 is 34.8 Å². The van der Waals surface area contributed by atoms with E-state index in [0.29, 0.717) is 23.5 Å². The zero-order valence-corrected chi connectivity index (χ0v) is 25.7. The summed E-state index contributed by atoms with van der Waals surface area (Å²) in [6.45, 7) is 0. The van der Waals surface area contributed by atoms with Crippen LogP contribution in [0.1, 0.15) is 61.6 Å². The Morgan fingerprint density at radius 2 is 1.75 bits per heavy atom. The van der Waals surface area contributed by atoms with Gasteiger partial charge in [0.15, 0.2) is 11.4 Å². The number of hydrogen-bond acceptors (Lipinski definition) is 9. The van der Waals surface area contributed by atoms with E-state index in [1.807, 2.05) is 31.1 Å². The van der Waals surface area contributed by atoms with Crippen LogP contribution < -0.4 is 10.6 Å². The summed E-state index contributed by atoms with van der Waals surface area (Å²) >= 11 is 0. The number of carbonyl (C=O) groups is 3. The van der Waals surface area contributed by atoms with Crippen LogP contribution >= 0.6 is 0 Å². The lowest BCUT2D eigenvalue weighted by Gasteiger charge is -2.50. The van der Waals surface area contributed by atoms with Gasteiger partial charge in [-0.2, -0.15) is 0 Å². The molecule has 1 aromatic rings. The molecule has 2 fully saturated rings. The van der Waals surface area contributed by atoms with E-state index in [1.165, 1.54) is 36.2 Å². The lowest BCUT2D eigenvalue weighted by molar-refractivity contribution is -0.153. The van der Waals surface area contributed by atoms with Crippen LogP contribution in [-0.2, 0) is 20.8 Å². The monoisotopic (exact) mass is 603 g/mol. The molecule has 10 heteroatoms. The van der Waals surface area contributed by atoms with Crippen LogP contribution in [-0.4, -0.2) is 82.6 Å². The minimum atomic E-state index is -2.66. The number of benzene rings is 1. The molecule has 234 valence electrons. The van der Waals surface area contributed by atoms with Crippen LogP contribution in [0, 0.1) is 17.8 Å². The summed E-state index contributed by atoms with van der Waals surface area (Å²) in [6, 6.07) is 0.809. The van der Waals surface area contributed by atoms with Gasteiger partial charge in [0, 0.05) is 36.8 Å². The average Bonchev–Trinajstić information content (AvgIpc) is 3.63. The first-order valence-electron chi connectivity index (χ1n) is 15.4. The van der Waals surface area contributed by atoms with E-state index in [-0.39, 0.29) is 29.7 Å². The van der Waals surface area contributed by atoms with Gasteiger partial charge in [-0.05, 0) is 68.8 Å². The highest BCUT2D eigenvalue weighted by Crippen LogP contribution is 2.55. The summed E-state index contributed by atoms with van der Waals surface area (Å²) in [5, 5.41) is 46.5. The number of likely N-dealkylation sites (N-methyl/N-ethyl adjacent to an activating group) is 1. The third kappa shape index (κ3) is 4.33. The van der Waals surface area contributed by atoms with Crippen molar-refractivity contribution >= 4 is 34.5 Å². The van der Waals surface area contributed by atoms with Crippen LogP contribution in [0.25, 0.3) is 11.3 Å². The van der Waals surface area contributed by atoms with Crippen molar-refractivity contribution in [3.05, 3.63) is 57.4 Å². The number of phenols is 1. The first kappa shape index (κ1) is 30.1. The Morgan fingerprint density at radius 1 is 1.07 bits per heavy atom. The third-order valence-electron chi connectivity index (χ3n) is 10.5. The SMILES string of the molecule is CN(C)c1cc(C2=CC=C(CC3CCCC3)C2)c(O)c2c1C[C@H]1C[C@H]3[C@H](N(C)C)C(=O)C(C(N)=O)=C(O)[C@@]3(O)C(=O)C1=C2O. The number of hydrogen-bond donors (Lipinski definition) is 5. The largest absolute Gasteiger partial charge is 0.508 e. The number of carbonyl (C=O) groups excluding carboxylic acids is 3. The Labute approximate surface area is 256 Å². The predicted molar refractivity (Wildman–Crippen MR) is 166 cm³/mol. The second-order valence-corrected chi connectivity index (χ2v) is 13.5. The second-order valence-electron chi connectivity index (χ2n) is 13.5. The topological polar surface area (TPSA) is 165 Å². The first-order valence-corrected chi connectivity index (χ1v) is 15.4. The number of Topliss-reactive ketones (excluding diaryl/α,β-unsaturated/α-hetero) is 2. The molecule has 0 bridgehead atoms. The number of aromatic hydroxyl groups is 1. The molecule has 0 spiro atoms. The van der Waals surface area contributed by atoms with Gasteiger partial charge in [0.05, 0.1) is 11.6 Å². The fourth-order valence-corrected chi connectivity index (χ4v) is 8.43. The number of fused-ring (bicyclic) bond motifs is 3. The van der Waals surface area contributed by atoms with Crippen molar-refractivity contribution in [1.82, 2.24) is 4.90 Å². The van der Waals surface area contributed by atoms with Crippen molar-refractivity contribution in [3.8, 4) is 5.75 Å². The summed E-state index contributed by atoms with van der Waals surface area (Å²) in [5.41, 5.74) is 6.14. The zero-order chi connectivity index (χ0) is 31.8. The maximum Gasteiger partial charge on any atom is 0.255 e. The molecular weight excluding hydrogens is 562 g/mol. The number of phenolic OH excluding ortho intramolecular Hbond substituents is 1. The molecule has 6 N–H and O–H groups in total. The Bertz CT molecular complexity index is 1610. The molecule has 6 rings (SSSR count). The Kier molecular flexibility index (Phi) is 7.28. The first-order chi connectivity index (χ1) is 20.8. The van der Waals surface area contributed by atoms with Crippen molar-refractivity contribution in [2.75, 3.05) is 33.1 Å². The highest BCUT2D eigenvalue weighted by atomic mass is 16.3. The molecule has 0 aliphatic heterocycles. The molecular formula is C34H41N3O7. The lowest BCUT2D eigenvalue weighted by Crippen LogP contribution is -2.65. The highest BCUT2D eigenvalue weighted by molar-refractivity contribution is 6.24. The zero-order valence-electron chi connectivity index (χ0n) is 25.7. The summed E-state index contributed by atoms with van der Waals surface area (Å²) in [7, 11) is 6.92. The van der Waals surface area contributed by atoms with E-state index in [4.69, 9.17) is 5.73 Å². The average molecular weight is 604 g/mol. The molecule has 10 nitrogen and oxygen atoms in total. The van der Waals surface area contributed by atoms with Gasteiger partial charge in [0.1, 0.15) is 22.8 Å². The molecule has 1 amide bonds. The third-order valence-corrected chi connectivity index (χ3v) is 10.5. The number of ketones is 2. The molecule has 5 aliphatic rings. The second kappa shape index (κ2) is 10.6. The molecule has 5 aliphatic carbocycles. The van der Waals surface area contributed by atoms with Gasteiger partial charge in [-0.15, -0.1) is 0 Å².